The van der Waals surface area contributed by atoms with Gasteiger partial charge in [-0.3, -0.25) is 0 Å². The first-order chi connectivity index (χ1) is 11.1. The van der Waals surface area contributed by atoms with E-state index in [0.717, 1.165) is 21.3 Å². The van der Waals surface area contributed by atoms with Crippen LogP contribution in [0.4, 0.5) is 9.52 Å². The number of aliphatic hydroxyl groups excluding tert-OH is 1. The molecule has 23 heavy (non-hydrogen) atoms. The van der Waals surface area contributed by atoms with Crippen LogP contribution in [0.25, 0.3) is 16.2 Å². The molecule has 1 aromatic carbocycles. The maximum absolute atomic E-state index is 13.0. The molecule has 8 heteroatoms. The lowest BCUT2D eigenvalue weighted by Gasteiger charge is -2.18. The molecule has 0 saturated carbocycles. The highest BCUT2D eigenvalue weighted by molar-refractivity contribution is 7.20. The summed E-state index contributed by atoms with van der Waals surface area (Å²) in [6.07, 6.45) is 1.23. The van der Waals surface area contributed by atoms with Crippen molar-refractivity contribution in [3.8, 4) is 11.3 Å². The molecule has 1 N–H and O–H groups in total. The van der Waals surface area contributed by atoms with E-state index < -0.39 is 6.10 Å². The average Bonchev–Trinajstić information content (AvgIpc) is 3.06. The molecule has 3 rings (SSSR count). The highest BCUT2D eigenvalue weighted by Gasteiger charge is 2.15. The first-order valence-corrected chi connectivity index (χ1v) is 7.89. The summed E-state index contributed by atoms with van der Waals surface area (Å²) in [4.78, 5) is 7.12. The third-order valence-electron chi connectivity index (χ3n) is 3.34. The Kier molecular flexibility index (Phi) is 4.56. The molecule has 0 spiro atoms. The number of imidazole rings is 1. The van der Waals surface area contributed by atoms with Gasteiger partial charge in [0.1, 0.15) is 5.82 Å². The van der Waals surface area contributed by atoms with E-state index in [1.807, 2.05) is 18.1 Å². The van der Waals surface area contributed by atoms with Crippen molar-refractivity contribution in [1.29, 1.82) is 0 Å². The van der Waals surface area contributed by atoms with Crippen LogP contribution < -0.4 is 4.90 Å². The lowest BCUT2D eigenvalue weighted by molar-refractivity contribution is 0.0695. The second-order valence-electron chi connectivity index (χ2n) is 5.23. The number of ether oxygens (including phenoxy) is 1. The first-order valence-electron chi connectivity index (χ1n) is 7.07. The highest BCUT2D eigenvalue weighted by Crippen LogP contribution is 2.26. The number of likely N-dealkylation sites (N-methyl/N-ethyl adjacent to an activating group) is 1. The predicted molar refractivity (Wildman–Crippen MR) is 87.4 cm³/mol. The molecular formula is C15H17FN4O2S. The van der Waals surface area contributed by atoms with E-state index >= 15 is 0 Å². The van der Waals surface area contributed by atoms with Gasteiger partial charge in [0.15, 0.2) is 0 Å². The smallest absolute Gasteiger partial charge is 0.214 e. The van der Waals surface area contributed by atoms with Crippen molar-refractivity contribution in [1.82, 2.24) is 14.6 Å². The summed E-state index contributed by atoms with van der Waals surface area (Å²) in [6.45, 7) is 0.705. The SMILES string of the molecule is COCC(O)CN(C)c1nn2cc(-c3ccc(F)cc3)nc2s1. The third-order valence-corrected chi connectivity index (χ3v) is 4.38. The zero-order valence-corrected chi connectivity index (χ0v) is 13.6. The van der Waals surface area contributed by atoms with Gasteiger partial charge in [-0.15, -0.1) is 5.10 Å². The van der Waals surface area contributed by atoms with Gasteiger partial charge in [-0.1, -0.05) is 11.3 Å². The van der Waals surface area contributed by atoms with E-state index in [9.17, 15) is 9.50 Å². The van der Waals surface area contributed by atoms with Crippen LogP contribution in [-0.4, -0.2) is 53.1 Å². The topological polar surface area (TPSA) is 62.9 Å². The summed E-state index contributed by atoms with van der Waals surface area (Å²) in [6, 6.07) is 6.20. The Morgan fingerprint density at radius 3 is 2.78 bits per heavy atom. The summed E-state index contributed by atoms with van der Waals surface area (Å²) < 4.78 is 19.6. The maximum atomic E-state index is 13.0. The predicted octanol–water partition coefficient (Wildman–Crippen LogP) is 2.04. The van der Waals surface area contributed by atoms with Crippen LogP contribution in [0.5, 0.6) is 0 Å². The van der Waals surface area contributed by atoms with Crippen molar-refractivity contribution in [3.05, 3.63) is 36.3 Å². The van der Waals surface area contributed by atoms with Gasteiger partial charge in [0.25, 0.3) is 0 Å². The lowest BCUT2D eigenvalue weighted by atomic mass is 10.2. The molecule has 0 fully saturated rings. The quantitative estimate of drug-likeness (QED) is 0.746. The van der Waals surface area contributed by atoms with Gasteiger partial charge < -0.3 is 14.7 Å². The molecule has 0 aliphatic rings. The Hall–Kier alpha value is -2.03. The van der Waals surface area contributed by atoms with E-state index in [-0.39, 0.29) is 12.4 Å². The molecule has 0 radical (unpaired) electrons. The molecule has 3 aromatic rings. The molecule has 1 unspecified atom stereocenters. The van der Waals surface area contributed by atoms with Crippen LogP contribution >= 0.6 is 11.3 Å². The number of hydrogen-bond donors (Lipinski definition) is 1. The fourth-order valence-electron chi connectivity index (χ4n) is 2.24. The van der Waals surface area contributed by atoms with Crippen molar-refractivity contribution in [2.45, 2.75) is 6.10 Å². The van der Waals surface area contributed by atoms with Gasteiger partial charge in [-0.05, 0) is 24.3 Å². The van der Waals surface area contributed by atoms with E-state index in [0.29, 0.717) is 6.54 Å². The molecule has 2 aromatic heterocycles. The summed E-state index contributed by atoms with van der Waals surface area (Å²) in [7, 11) is 3.41. The Morgan fingerprint density at radius 2 is 2.13 bits per heavy atom. The van der Waals surface area contributed by atoms with Crippen molar-refractivity contribution >= 4 is 21.4 Å². The van der Waals surface area contributed by atoms with E-state index in [2.05, 4.69) is 10.1 Å². The first kappa shape index (κ1) is 15.9. The van der Waals surface area contributed by atoms with Gasteiger partial charge in [0, 0.05) is 26.3 Å². The second kappa shape index (κ2) is 6.61. The normalized spacial score (nSPS) is 12.7. The molecule has 1 atom stereocenters. The number of aliphatic hydroxyl groups is 1. The number of hydrogen-bond acceptors (Lipinski definition) is 6. The number of halogens is 1. The molecule has 0 amide bonds. The molecule has 0 aliphatic carbocycles. The minimum atomic E-state index is -0.573. The van der Waals surface area contributed by atoms with Crippen LogP contribution in [0.2, 0.25) is 0 Å². The fourth-order valence-corrected chi connectivity index (χ4v) is 3.10. The van der Waals surface area contributed by atoms with Crippen LogP contribution in [0.1, 0.15) is 0 Å². The number of rotatable bonds is 6. The number of aromatic nitrogens is 3. The zero-order valence-electron chi connectivity index (χ0n) is 12.8. The standard InChI is InChI=1S/C15H17FN4O2S/c1-19(7-12(21)9-22-2)15-18-20-8-13(17-14(20)23-15)10-3-5-11(16)6-4-10/h3-6,8,12,21H,7,9H2,1-2H3. The Labute approximate surface area is 136 Å². The Morgan fingerprint density at radius 1 is 1.39 bits per heavy atom. The fraction of sp³-hybridized carbons (Fsp3) is 0.333. The van der Waals surface area contributed by atoms with Gasteiger partial charge in [0.05, 0.1) is 24.6 Å². The van der Waals surface area contributed by atoms with Crippen molar-refractivity contribution < 1.29 is 14.2 Å². The number of benzene rings is 1. The molecule has 2 heterocycles. The minimum Gasteiger partial charge on any atom is -0.389 e. The van der Waals surface area contributed by atoms with Crippen LogP contribution in [0, 0.1) is 5.82 Å². The summed E-state index contributed by atoms with van der Waals surface area (Å²) in [5.41, 5.74) is 1.59. The molecule has 122 valence electrons. The molecular weight excluding hydrogens is 319 g/mol. The van der Waals surface area contributed by atoms with Crippen molar-refractivity contribution in [3.63, 3.8) is 0 Å². The number of nitrogens with zero attached hydrogens (tertiary/aromatic N) is 4. The number of methoxy groups -OCH3 is 1. The average molecular weight is 336 g/mol. The maximum Gasteiger partial charge on any atom is 0.214 e. The largest absolute Gasteiger partial charge is 0.389 e. The van der Waals surface area contributed by atoms with Gasteiger partial charge in [0.2, 0.25) is 10.1 Å². The highest BCUT2D eigenvalue weighted by atomic mass is 32.1. The third kappa shape index (κ3) is 3.49. The molecule has 0 aliphatic heterocycles. The second-order valence-corrected chi connectivity index (χ2v) is 6.17. The van der Waals surface area contributed by atoms with Crippen molar-refractivity contribution in [2.75, 3.05) is 32.2 Å². The molecule has 0 bridgehead atoms. The van der Waals surface area contributed by atoms with Crippen molar-refractivity contribution in [2.24, 2.45) is 0 Å². The van der Waals surface area contributed by atoms with Gasteiger partial charge >= 0.3 is 0 Å². The molecule has 6 nitrogen and oxygen atoms in total. The summed E-state index contributed by atoms with van der Waals surface area (Å²) in [5, 5.41) is 15.0. The Bertz CT molecular complexity index is 755. The van der Waals surface area contributed by atoms with Gasteiger partial charge in [-0.25, -0.2) is 13.9 Å². The van der Waals surface area contributed by atoms with E-state index in [1.54, 1.807) is 23.8 Å². The number of anilines is 1. The number of fused-ring (bicyclic) bond motifs is 1. The molecule has 0 saturated heterocycles. The van der Waals surface area contributed by atoms with E-state index in [4.69, 9.17) is 4.74 Å². The van der Waals surface area contributed by atoms with Gasteiger partial charge in [-0.2, -0.15) is 0 Å². The minimum absolute atomic E-state index is 0.272. The monoisotopic (exact) mass is 336 g/mol. The summed E-state index contributed by atoms with van der Waals surface area (Å²) in [5.74, 6) is -0.272. The lowest BCUT2D eigenvalue weighted by Crippen LogP contribution is -2.31. The Balaban J connectivity index is 1.79. The zero-order chi connectivity index (χ0) is 16.4. The summed E-state index contributed by atoms with van der Waals surface area (Å²) >= 11 is 1.42. The van der Waals surface area contributed by atoms with E-state index in [1.165, 1.54) is 23.5 Å². The van der Waals surface area contributed by atoms with Crippen LogP contribution in [0.3, 0.4) is 0 Å². The van der Waals surface area contributed by atoms with Crippen LogP contribution in [0.15, 0.2) is 30.5 Å². The van der Waals surface area contributed by atoms with Crippen LogP contribution in [-0.2, 0) is 4.74 Å².